The maximum absolute atomic E-state index is 5.32. The largest absolute Gasteiger partial charge is 0.366 e. The highest BCUT2D eigenvalue weighted by atomic mass is 15.3. The molecular formula is C13H23N5. The van der Waals surface area contributed by atoms with Crippen LogP contribution >= 0.6 is 0 Å². The Kier molecular flexibility index (Phi) is 4.75. The van der Waals surface area contributed by atoms with E-state index < -0.39 is 0 Å². The van der Waals surface area contributed by atoms with E-state index in [9.17, 15) is 0 Å². The first-order chi connectivity index (χ1) is 8.81. The Bertz CT molecular complexity index is 360. The fourth-order valence-electron chi connectivity index (χ4n) is 2.72. The SMILES string of the molecule is CCCC1CCC(Nc2cncc(NN)n2)CC1. The van der Waals surface area contributed by atoms with Crippen molar-refractivity contribution in [3.63, 3.8) is 0 Å². The fraction of sp³-hybridized carbons (Fsp3) is 0.692. The molecule has 100 valence electrons. The van der Waals surface area contributed by atoms with Crippen molar-refractivity contribution in [1.82, 2.24) is 9.97 Å². The molecule has 1 aliphatic rings. The van der Waals surface area contributed by atoms with Crippen LogP contribution in [0.4, 0.5) is 11.6 Å². The van der Waals surface area contributed by atoms with Crippen molar-refractivity contribution in [2.45, 2.75) is 51.5 Å². The van der Waals surface area contributed by atoms with E-state index in [4.69, 9.17) is 5.84 Å². The summed E-state index contributed by atoms with van der Waals surface area (Å²) in [5, 5.41) is 3.45. The first-order valence-corrected chi connectivity index (χ1v) is 6.87. The van der Waals surface area contributed by atoms with Gasteiger partial charge < -0.3 is 10.7 Å². The molecule has 1 aromatic heterocycles. The van der Waals surface area contributed by atoms with E-state index in [1.807, 2.05) is 0 Å². The third kappa shape index (κ3) is 3.57. The number of hydrogen-bond donors (Lipinski definition) is 3. The summed E-state index contributed by atoms with van der Waals surface area (Å²) in [6.07, 6.45) is 11.2. The molecule has 5 nitrogen and oxygen atoms in total. The van der Waals surface area contributed by atoms with Crippen molar-refractivity contribution in [3.8, 4) is 0 Å². The van der Waals surface area contributed by atoms with E-state index >= 15 is 0 Å². The summed E-state index contributed by atoms with van der Waals surface area (Å²) in [5.41, 5.74) is 2.51. The number of aromatic nitrogens is 2. The van der Waals surface area contributed by atoms with Crippen LogP contribution < -0.4 is 16.6 Å². The summed E-state index contributed by atoms with van der Waals surface area (Å²) in [6, 6.07) is 0.528. The Morgan fingerprint density at radius 1 is 1.22 bits per heavy atom. The molecule has 0 bridgehead atoms. The van der Waals surface area contributed by atoms with E-state index in [0.717, 1.165) is 11.7 Å². The number of hydrazine groups is 1. The number of hydrogen-bond acceptors (Lipinski definition) is 5. The van der Waals surface area contributed by atoms with Crippen molar-refractivity contribution in [2.24, 2.45) is 11.8 Å². The number of rotatable bonds is 5. The van der Waals surface area contributed by atoms with Crippen molar-refractivity contribution in [2.75, 3.05) is 10.7 Å². The quantitative estimate of drug-likeness (QED) is 0.552. The van der Waals surface area contributed by atoms with Crippen LogP contribution in [-0.2, 0) is 0 Å². The third-order valence-corrected chi connectivity index (χ3v) is 3.68. The summed E-state index contributed by atoms with van der Waals surface area (Å²) >= 11 is 0. The Morgan fingerprint density at radius 2 is 1.94 bits per heavy atom. The average molecular weight is 249 g/mol. The summed E-state index contributed by atoms with van der Waals surface area (Å²) in [6.45, 7) is 2.27. The van der Waals surface area contributed by atoms with Gasteiger partial charge in [-0.3, -0.25) is 4.98 Å². The van der Waals surface area contributed by atoms with Gasteiger partial charge in [-0.05, 0) is 31.6 Å². The Balaban J connectivity index is 1.83. The molecule has 1 saturated carbocycles. The topological polar surface area (TPSA) is 75.9 Å². The minimum atomic E-state index is 0.528. The van der Waals surface area contributed by atoms with Gasteiger partial charge in [0.25, 0.3) is 0 Å². The average Bonchev–Trinajstić information content (AvgIpc) is 2.42. The zero-order valence-electron chi connectivity index (χ0n) is 11.0. The number of nitrogen functional groups attached to an aromatic ring is 1. The van der Waals surface area contributed by atoms with Gasteiger partial charge in [0.2, 0.25) is 0 Å². The first kappa shape index (κ1) is 13.1. The lowest BCUT2D eigenvalue weighted by atomic mass is 9.83. The van der Waals surface area contributed by atoms with Gasteiger partial charge in [0.15, 0.2) is 5.82 Å². The lowest BCUT2D eigenvalue weighted by molar-refractivity contribution is 0.318. The molecule has 0 amide bonds. The predicted molar refractivity (Wildman–Crippen MR) is 74.1 cm³/mol. The van der Waals surface area contributed by atoms with E-state index in [0.29, 0.717) is 11.9 Å². The number of nitrogens with zero attached hydrogens (tertiary/aromatic N) is 2. The van der Waals surface area contributed by atoms with Gasteiger partial charge in [-0.25, -0.2) is 10.8 Å². The van der Waals surface area contributed by atoms with Gasteiger partial charge in [-0.15, -0.1) is 0 Å². The van der Waals surface area contributed by atoms with Crippen molar-refractivity contribution < 1.29 is 0 Å². The second kappa shape index (κ2) is 6.54. The van der Waals surface area contributed by atoms with Crippen molar-refractivity contribution in [1.29, 1.82) is 0 Å². The van der Waals surface area contributed by atoms with Crippen LogP contribution in [0.3, 0.4) is 0 Å². The van der Waals surface area contributed by atoms with E-state index in [1.54, 1.807) is 12.4 Å². The van der Waals surface area contributed by atoms with Gasteiger partial charge in [0.05, 0.1) is 12.4 Å². The monoisotopic (exact) mass is 249 g/mol. The molecule has 0 aliphatic heterocycles. The van der Waals surface area contributed by atoms with Gasteiger partial charge in [-0.1, -0.05) is 19.8 Å². The Morgan fingerprint density at radius 3 is 2.61 bits per heavy atom. The summed E-state index contributed by atoms with van der Waals surface area (Å²) in [7, 11) is 0. The zero-order chi connectivity index (χ0) is 12.8. The highest BCUT2D eigenvalue weighted by molar-refractivity contribution is 5.41. The molecule has 5 heteroatoms. The van der Waals surface area contributed by atoms with Gasteiger partial charge in [0.1, 0.15) is 5.82 Å². The Labute approximate surface area is 109 Å². The molecule has 4 N–H and O–H groups in total. The van der Waals surface area contributed by atoms with Crippen LogP contribution in [0.2, 0.25) is 0 Å². The van der Waals surface area contributed by atoms with Gasteiger partial charge >= 0.3 is 0 Å². The molecule has 1 aromatic rings. The summed E-state index contributed by atoms with van der Waals surface area (Å²) in [4.78, 5) is 8.43. The highest BCUT2D eigenvalue weighted by Crippen LogP contribution is 2.29. The molecule has 0 saturated heterocycles. The molecule has 1 fully saturated rings. The normalized spacial score (nSPS) is 23.7. The lowest BCUT2D eigenvalue weighted by Crippen LogP contribution is -2.26. The second-order valence-corrected chi connectivity index (χ2v) is 5.08. The molecule has 2 rings (SSSR count). The standard InChI is InChI=1S/C13H23N5/c1-2-3-10-4-6-11(7-5-10)16-12-8-15-9-13(17-12)18-14/h8-11H,2-7,14H2,1H3,(H2,16,17,18). The maximum atomic E-state index is 5.32. The predicted octanol–water partition coefficient (Wildman–Crippen LogP) is 2.53. The number of nitrogens with one attached hydrogen (secondary N) is 2. The zero-order valence-corrected chi connectivity index (χ0v) is 11.0. The van der Waals surface area contributed by atoms with E-state index in [-0.39, 0.29) is 0 Å². The summed E-state index contributed by atoms with van der Waals surface area (Å²) in [5.74, 6) is 7.66. The molecule has 0 unspecified atom stereocenters. The van der Waals surface area contributed by atoms with Crippen LogP contribution in [0, 0.1) is 5.92 Å². The minimum Gasteiger partial charge on any atom is -0.366 e. The van der Waals surface area contributed by atoms with E-state index in [2.05, 4.69) is 27.6 Å². The Hall–Kier alpha value is -1.36. The first-order valence-electron chi connectivity index (χ1n) is 6.87. The minimum absolute atomic E-state index is 0.528. The molecule has 1 aliphatic carbocycles. The molecule has 18 heavy (non-hydrogen) atoms. The van der Waals surface area contributed by atoms with Crippen LogP contribution in [0.15, 0.2) is 12.4 Å². The van der Waals surface area contributed by atoms with Crippen molar-refractivity contribution >= 4 is 11.6 Å². The van der Waals surface area contributed by atoms with Crippen molar-refractivity contribution in [3.05, 3.63) is 12.4 Å². The van der Waals surface area contributed by atoms with Crippen LogP contribution in [-0.4, -0.2) is 16.0 Å². The van der Waals surface area contributed by atoms with Crippen LogP contribution in [0.25, 0.3) is 0 Å². The number of nitrogens with two attached hydrogens (primary N) is 1. The van der Waals surface area contributed by atoms with Crippen LogP contribution in [0.5, 0.6) is 0 Å². The van der Waals surface area contributed by atoms with Gasteiger partial charge in [-0.2, -0.15) is 0 Å². The van der Waals surface area contributed by atoms with Gasteiger partial charge in [0, 0.05) is 6.04 Å². The molecule has 0 spiro atoms. The molecule has 1 heterocycles. The molecular weight excluding hydrogens is 226 g/mol. The molecule has 0 atom stereocenters. The van der Waals surface area contributed by atoms with E-state index in [1.165, 1.54) is 38.5 Å². The third-order valence-electron chi connectivity index (χ3n) is 3.68. The maximum Gasteiger partial charge on any atom is 0.160 e. The number of anilines is 2. The molecule has 0 radical (unpaired) electrons. The van der Waals surface area contributed by atoms with Crippen LogP contribution in [0.1, 0.15) is 45.4 Å². The second-order valence-electron chi connectivity index (χ2n) is 5.08. The smallest absolute Gasteiger partial charge is 0.160 e. The lowest BCUT2D eigenvalue weighted by Gasteiger charge is -2.29. The molecule has 0 aromatic carbocycles. The highest BCUT2D eigenvalue weighted by Gasteiger charge is 2.20. The summed E-state index contributed by atoms with van der Waals surface area (Å²) < 4.78 is 0. The fourth-order valence-corrected chi connectivity index (χ4v) is 2.72.